The van der Waals surface area contributed by atoms with Crippen molar-refractivity contribution in [3.8, 4) is 0 Å². The van der Waals surface area contributed by atoms with Gasteiger partial charge >= 0.3 is 0 Å². The quantitative estimate of drug-likeness (QED) is 0.697. The van der Waals surface area contributed by atoms with Crippen LogP contribution >= 0.6 is 0 Å². The normalized spacial score (nSPS) is 14.8. The van der Waals surface area contributed by atoms with Gasteiger partial charge in [0, 0.05) is 18.9 Å². The largest absolute Gasteiger partial charge is 0.356 e. The van der Waals surface area contributed by atoms with Crippen molar-refractivity contribution in [1.29, 1.82) is 0 Å². The molecule has 0 bridgehead atoms. The van der Waals surface area contributed by atoms with Gasteiger partial charge < -0.3 is 5.32 Å². The zero-order chi connectivity index (χ0) is 17.3. The molecule has 1 N–H and O–H groups in total. The summed E-state index contributed by atoms with van der Waals surface area (Å²) in [5.41, 5.74) is 2.63. The monoisotopic (exact) mass is 335 g/mol. The van der Waals surface area contributed by atoms with Crippen LogP contribution < -0.4 is 5.32 Å². The molecule has 1 saturated carbocycles. The van der Waals surface area contributed by atoms with Gasteiger partial charge in [0.25, 0.3) is 0 Å². The van der Waals surface area contributed by atoms with E-state index in [0.29, 0.717) is 12.3 Å². The molecule has 25 heavy (non-hydrogen) atoms. The van der Waals surface area contributed by atoms with Gasteiger partial charge in [-0.2, -0.15) is 0 Å². The van der Waals surface area contributed by atoms with Crippen LogP contribution in [0, 0.1) is 5.92 Å². The molecule has 0 atom stereocenters. The number of hydrogen-bond donors (Lipinski definition) is 1. The maximum absolute atomic E-state index is 12.1. The molecule has 2 aromatic rings. The Balaban J connectivity index is 1.51. The fraction of sp³-hybridized carbons (Fsp3) is 0.435. The van der Waals surface area contributed by atoms with Crippen molar-refractivity contribution in [2.75, 3.05) is 6.54 Å². The zero-order valence-electron chi connectivity index (χ0n) is 15.0. The van der Waals surface area contributed by atoms with Crippen molar-refractivity contribution in [3.05, 3.63) is 71.8 Å². The standard InChI is InChI=1S/C23H29NO/c25-23(16-15-19-9-7-8-10-19)24-18-17-22(20-11-3-1-4-12-20)21-13-5-2-6-14-21/h1-6,11-14,19,22H,7-10,15-18H2,(H,24,25). The van der Waals surface area contributed by atoms with Crippen molar-refractivity contribution >= 4 is 5.91 Å². The SMILES string of the molecule is O=C(CCC1CCCC1)NCCC(c1ccccc1)c1ccccc1. The molecule has 0 aliphatic heterocycles. The molecule has 0 saturated heterocycles. The first-order valence-corrected chi connectivity index (χ1v) is 9.69. The Morgan fingerprint density at radius 2 is 1.48 bits per heavy atom. The molecule has 0 unspecified atom stereocenters. The summed E-state index contributed by atoms with van der Waals surface area (Å²) >= 11 is 0. The van der Waals surface area contributed by atoms with Gasteiger partial charge in [-0.3, -0.25) is 4.79 Å². The highest BCUT2D eigenvalue weighted by Gasteiger charge is 2.17. The average Bonchev–Trinajstić information content (AvgIpc) is 3.19. The zero-order valence-corrected chi connectivity index (χ0v) is 15.0. The number of carbonyl (C=O) groups excluding carboxylic acids is 1. The van der Waals surface area contributed by atoms with Gasteiger partial charge in [-0.25, -0.2) is 0 Å². The molecule has 2 aromatic carbocycles. The summed E-state index contributed by atoms with van der Waals surface area (Å²) in [7, 11) is 0. The topological polar surface area (TPSA) is 29.1 Å². The van der Waals surface area contributed by atoms with Gasteiger partial charge in [-0.1, -0.05) is 86.3 Å². The first-order valence-electron chi connectivity index (χ1n) is 9.69. The third kappa shape index (κ3) is 5.45. The van der Waals surface area contributed by atoms with E-state index in [-0.39, 0.29) is 5.91 Å². The van der Waals surface area contributed by atoms with Crippen molar-refractivity contribution in [2.24, 2.45) is 5.92 Å². The highest BCUT2D eigenvalue weighted by Crippen LogP contribution is 2.29. The van der Waals surface area contributed by atoms with Gasteiger partial charge in [0.05, 0.1) is 0 Å². The van der Waals surface area contributed by atoms with Gasteiger partial charge in [0.2, 0.25) is 5.91 Å². The minimum absolute atomic E-state index is 0.215. The minimum atomic E-state index is 0.215. The lowest BCUT2D eigenvalue weighted by atomic mass is 9.88. The van der Waals surface area contributed by atoms with Crippen LogP contribution in [-0.4, -0.2) is 12.5 Å². The summed E-state index contributed by atoms with van der Waals surface area (Å²) < 4.78 is 0. The van der Waals surface area contributed by atoms with E-state index in [9.17, 15) is 4.79 Å². The van der Waals surface area contributed by atoms with E-state index in [4.69, 9.17) is 0 Å². The summed E-state index contributed by atoms with van der Waals surface area (Å²) in [4.78, 5) is 12.1. The van der Waals surface area contributed by atoms with Gasteiger partial charge in [-0.15, -0.1) is 0 Å². The summed E-state index contributed by atoms with van der Waals surface area (Å²) in [5.74, 6) is 1.33. The molecule has 0 aromatic heterocycles. The first-order chi connectivity index (χ1) is 12.3. The lowest BCUT2D eigenvalue weighted by molar-refractivity contribution is -0.121. The maximum Gasteiger partial charge on any atom is 0.220 e. The van der Waals surface area contributed by atoms with Gasteiger partial charge in [-0.05, 0) is 29.9 Å². The third-order valence-electron chi connectivity index (χ3n) is 5.41. The third-order valence-corrected chi connectivity index (χ3v) is 5.41. The van der Waals surface area contributed by atoms with Crippen LogP contribution in [0.25, 0.3) is 0 Å². The minimum Gasteiger partial charge on any atom is -0.356 e. The number of benzene rings is 2. The second-order valence-corrected chi connectivity index (χ2v) is 7.20. The summed E-state index contributed by atoms with van der Waals surface area (Å²) in [6.07, 6.45) is 8.01. The molecule has 0 radical (unpaired) electrons. The Bertz CT molecular complexity index is 592. The van der Waals surface area contributed by atoms with E-state index in [0.717, 1.165) is 25.3 Å². The molecule has 0 heterocycles. The van der Waals surface area contributed by atoms with Crippen LogP contribution in [0.4, 0.5) is 0 Å². The molecule has 2 nitrogen and oxygen atoms in total. The van der Waals surface area contributed by atoms with Crippen molar-refractivity contribution in [2.45, 2.75) is 50.9 Å². The average molecular weight is 335 g/mol. The fourth-order valence-corrected chi connectivity index (χ4v) is 3.98. The van der Waals surface area contributed by atoms with Crippen LogP contribution in [0.5, 0.6) is 0 Å². The van der Waals surface area contributed by atoms with Crippen LogP contribution in [0.15, 0.2) is 60.7 Å². The lowest BCUT2D eigenvalue weighted by Gasteiger charge is -2.18. The molecular formula is C23H29NO. The smallest absolute Gasteiger partial charge is 0.220 e. The molecule has 2 heteroatoms. The molecule has 1 fully saturated rings. The predicted molar refractivity (Wildman–Crippen MR) is 104 cm³/mol. The van der Waals surface area contributed by atoms with Gasteiger partial charge in [0.1, 0.15) is 0 Å². The Morgan fingerprint density at radius 3 is 2.04 bits per heavy atom. The summed E-state index contributed by atoms with van der Waals surface area (Å²) in [6, 6.07) is 21.2. The highest BCUT2D eigenvalue weighted by atomic mass is 16.1. The number of hydrogen-bond acceptors (Lipinski definition) is 1. The van der Waals surface area contributed by atoms with Crippen LogP contribution in [0.3, 0.4) is 0 Å². The molecule has 3 rings (SSSR count). The molecule has 1 amide bonds. The molecule has 0 spiro atoms. The Morgan fingerprint density at radius 1 is 0.920 bits per heavy atom. The molecule has 132 valence electrons. The van der Waals surface area contributed by atoms with E-state index in [1.807, 2.05) is 0 Å². The Labute approximate surface area is 151 Å². The number of nitrogens with one attached hydrogen (secondary N) is 1. The lowest BCUT2D eigenvalue weighted by Crippen LogP contribution is -2.26. The Kier molecular flexibility index (Phi) is 6.67. The van der Waals surface area contributed by atoms with E-state index in [1.165, 1.54) is 36.8 Å². The van der Waals surface area contributed by atoms with E-state index >= 15 is 0 Å². The van der Waals surface area contributed by atoms with E-state index in [2.05, 4.69) is 66.0 Å². The van der Waals surface area contributed by atoms with E-state index in [1.54, 1.807) is 0 Å². The molecule has 1 aliphatic carbocycles. The van der Waals surface area contributed by atoms with Crippen LogP contribution in [0.1, 0.15) is 62.0 Å². The maximum atomic E-state index is 12.1. The summed E-state index contributed by atoms with van der Waals surface area (Å²) in [6.45, 7) is 0.734. The number of rotatable bonds is 8. The highest BCUT2D eigenvalue weighted by molar-refractivity contribution is 5.75. The van der Waals surface area contributed by atoms with Crippen LogP contribution in [0.2, 0.25) is 0 Å². The number of carbonyl (C=O) groups is 1. The van der Waals surface area contributed by atoms with Crippen molar-refractivity contribution in [1.82, 2.24) is 5.32 Å². The second-order valence-electron chi connectivity index (χ2n) is 7.20. The fourth-order valence-electron chi connectivity index (χ4n) is 3.98. The summed E-state index contributed by atoms with van der Waals surface area (Å²) in [5, 5.41) is 3.14. The second kappa shape index (κ2) is 9.41. The molecule has 1 aliphatic rings. The van der Waals surface area contributed by atoms with Gasteiger partial charge in [0.15, 0.2) is 0 Å². The Hall–Kier alpha value is -2.09. The van der Waals surface area contributed by atoms with Crippen molar-refractivity contribution < 1.29 is 4.79 Å². The predicted octanol–water partition coefficient (Wildman–Crippen LogP) is 5.30. The van der Waals surface area contributed by atoms with Crippen LogP contribution in [-0.2, 0) is 4.79 Å². The first kappa shape index (κ1) is 17.7. The number of amides is 1. The van der Waals surface area contributed by atoms with Crippen molar-refractivity contribution in [3.63, 3.8) is 0 Å². The van der Waals surface area contributed by atoms with E-state index < -0.39 is 0 Å². The molecular weight excluding hydrogens is 306 g/mol.